The third kappa shape index (κ3) is 4.46. The lowest BCUT2D eigenvalue weighted by atomic mass is 10.1. The summed E-state index contributed by atoms with van der Waals surface area (Å²) in [5.74, 6) is 0.880. The summed E-state index contributed by atoms with van der Waals surface area (Å²) in [6.07, 6.45) is 0. The summed E-state index contributed by atoms with van der Waals surface area (Å²) in [6.45, 7) is 3.03. The largest absolute Gasteiger partial charge is 0.493 e. The van der Waals surface area contributed by atoms with Gasteiger partial charge in [0.15, 0.2) is 11.5 Å². The number of hydrogen-bond donors (Lipinski definition) is 1. The minimum Gasteiger partial charge on any atom is -0.493 e. The fourth-order valence-corrected chi connectivity index (χ4v) is 4.99. The second kappa shape index (κ2) is 8.74. The van der Waals surface area contributed by atoms with Crippen molar-refractivity contribution in [3.8, 4) is 17.2 Å². The van der Waals surface area contributed by atoms with Gasteiger partial charge in [-0.3, -0.25) is 4.79 Å². The molecule has 0 unspecified atom stereocenters. The second-order valence-corrected chi connectivity index (χ2v) is 9.33. The second-order valence-electron chi connectivity index (χ2n) is 7.39. The first-order valence-corrected chi connectivity index (χ1v) is 11.4. The van der Waals surface area contributed by atoms with Crippen LogP contribution >= 0.6 is 0 Å². The molecule has 2 aromatic rings. The number of amides is 1. The first kappa shape index (κ1) is 21.4. The lowest BCUT2D eigenvalue weighted by Gasteiger charge is -2.31. The molecule has 0 aliphatic carbocycles. The number of fused-ring (bicyclic) bond motifs is 1. The molecule has 0 saturated carbocycles. The van der Waals surface area contributed by atoms with Crippen LogP contribution in [-0.2, 0) is 10.0 Å². The molecule has 10 heteroatoms. The monoisotopic (exact) mass is 447 g/mol. The van der Waals surface area contributed by atoms with Gasteiger partial charge in [0.05, 0.1) is 12.0 Å². The Kier molecular flexibility index (Phi) is 6.03. The number of sulfonamides is 1. The predicted molar refractivity (Wildman–Crippen MR) is 115 cm³/mol. The van der Waals surface area contributed by atoms with Gasteiger partial charge in [0.1, 0.15) is 13.2 Å². The SMILES string of the molecule is COc1cc(C(=O)Nc2cccc(S(=O)(=O)N3CCN(C)CC3)c2)cc2c1OCCO2. The van der Waals surface area contributed by atoms with Gasteiger partial charge in [0, 0.05) is 37.4 Å². The fourth-order valence-electron chi connectivity index (χ4n) is 3.52. The number of nitrogens with one attached hydrogen (secondary N) is 1. The molecule has 9 nitrogen and oxygen atoms in total. The van der Waals surface area contributed by atoms with E-state index in [2.05, 4.69) is 10.2 Å². The lowest BCUT2D eigenvalue weighted by Crippen LogP contribution is -2.47. The van der Waals surface area contributed by atoms with Gasteiger partial charge in [-0.2, -0.15) is 4.31 Å². The molecule has 2 aromatic carbocycles. The zero-order chi connectivity index (χ0) is 22.0. The van der Waals surface area contributed by atoms with Crippen molar-refractivity contribution in [2.45, 2.75) is 4.90 Å². The minimum atomic E-state index is -3.63. The molecule has 2 heterocycles. The van der Waals surface area contributed by atoms with Crippen LogP contribution in [0.4, 0.5) is 5.69 Å². The topological polar surface area (TPSA) is 97.4 Å². The minimum absolute atomic E-state index is 0.148. The van der Waals surface area contributed by atoms with Crippen LogP contribution in [0, 0.1) is 0 Å². The average Bonchev–Trinajstić information content (AvgIpc) is 2.78. The number of methoxy groups -OCH3 is 1. The quantitative estimate of drug-likeness (QED) is 0.744. The van der Waals surface area contributed by atoms with Gasteiger partial charge >= 0.3 is 0 Å². The smallest absolute Gasteiger partial charge is 0.255 e. The van der Waals surface area contributed by atoms with Crippen LogP contribution < -0.4 is 19.5 Å². The molecule has 0 bridgehead atoms. The number of anilines is 1. The first-order chi connectivity index (χ1) is 14.9. The molecule has 0 spiro atoms. The Balaban J connectivity index is 1.55. The van der Waals surface area contributed by atoms with E-state index in [9.17, 15) is 13.2 Å². The van der Waals surface area contributed by atoms with E-state index >= 15 is 0 Å². The third-order valence-corrected chi connectivity index (χ3v) is 7.18. The maximum absolute atomic E-state index is 13.0. The van der Waals surface area contributed by atoms with Gasteiger partial charge in [-0.05, 0) is 37.4 Å². The summed E-state index contributed by atoms with van der Waals surface area (Å²) in [6, 6.07) is 9.42. The van der Waals surface area contributed by atoms with Crippen molar-refractivity contribution in [2.24, 2.45) is 0 Å². The summed E-state index contributed by atoms with van der Waals surface area (Å²) in [5, 5.41) is 2.76. The van der Waals surface area contributed by atoms with Crippen LogP contribution in [-0.4, -0.2) is 77.1 Å². The summed E-state index contributed by atoms with van der Waals surface area (Å²) in [7, 11) is -0.179. The number of likely N-dealkylation sites (N-methyl/N-ethyl adjacent to an activating group) is 1. The number of benzene rings is 2. The van der Waals surface area contributed by atoms with E-state index in [0.717, 1.165) is 0 Å². The summed E-state index contributed by atoms with van der Waals surface area (Å²) < 4.78 is 43.9. The molecule has 1 fully saturated rings. The normalized spacial score (nSPS) is 17.2. The Morgan fingerprint density at radius 2 is 1.81 bits per heavy atom. The highest BCUT2D eigenvalue weighted by molar-refractivity contribution is 7.89. The molecular weight excluding hydrogens is 422 g/mol. The van der Waals surface area contributed by atoms with Crippen molar-refractivity contribution in [1.29, 1.82) is 0 Å². The zero-order valence-corrected chi connectivity index (χ0v) is 18.3. The van der Waals surface area contributed by atoms with E-state index in [1.807, 2.05) is 7.05 Å². The first-order valence-electron chi connectivity index (χ1n) is 9.96. The Morgan fingerprint density at radius 1 is 1.06 bits per heavy atom. The van der Waals surface area contributed by atoms with Gasteiger partial charge in [-0.1, -0.05) is 6.07 Å². The van der Waals surface area contributed by atoms with Crippen molar-refractivity contribution in [2.75, 3.05) is 58.9 Å². The molecule has 4 rings (SSSR count). The van der Waals surface area contributed by atoms with E-state index in [-0.39, 0.29) is 4.90 Å². The van der Waals surface area contributed by atoms with Crippen molar-refractivity contribution in [3.63, 3.8) is 0 Å². The highest BCUT2D eigenvalue weighted by atomic mass is 32.2. The van der Waals surface area contributed by atoms with E-state index in [1.54, 1.807) is 24.3 Å². The van der Waals surface area contributed by atoms with E-state index in [4.69, 9.17) is 14.2 Å². The van der Waals surface area contributed by atoms with Gasteiger partial charge in [-0.25, -0.2) is 8.42 Å². The fraction of sp³-hybridized carbons (Fsp3) is 0.381. The summed E-state index contributed by atoms with van der Waals surface area (Å²) in [4.78, 5) is 15.1. The van der Waals surface area contributed by atoms with Crippen LogP contribution in [0.3, 0.4) is 0 Å². The highest BCUT2D eigenvalue weighted by Gasteiger charge is 2.28. The summed E-state index contributed by atoms with van der Waals surface area (Å²) >= 11 is 0. The number of hydrogen-bond acceptors (Lipinski definition) is 7. The van der Waals surface area contributed by atoms with Gasteiger partial charge < -0.3 is 24.4 Å². The molecule has 31 heavy (non-hydrogen) atoms. The van der Waals surface area contributed by atoms with Gasteiger partial charge in [0.2, 0.25) is 15.8 Å². The van der Waals surface area contributed by atoms with Crippen molar-refractivity contribution < 1.29 is 27.4 Å². The van der Waals surface area contributed by atoms with Crippen molar-refractivity contribution >= 4 is 21.6 Å². The van der Waals surface area contributed by atoms with E-state index < -0.39 is 15.9 Å². The number of piperazine rings is 1. The molecule has 0 radical (unpaired) electrons. The highest BCUT2D eigenvalue weighted by Crippen LogP contribution is 2.40. The number of ether oxygens (including phenoxy) is 3. The van der Waals surface area contributed by atoms with Crippen LogP contribution in [0.2, 0.25) is 0 Å². The average molecular weight is 448 g/mol. The molecule has 2 aliphatic heterocycles. The predicted octanol–water partition coefficient (Wildman–Crippen LogP) is 1.65. The molecule has 0 atom stereocenters. The molecule has 1 N–H and O–H groups in total. The van der Waals surface area contributed by atoms with Crippen LogP contribution in [0.5, 0.6) is 17.2 Å². The zero-order valence-electron chi connectivity index (χ0n) is 17.5. The molecule has 1 amide bonds. The summed E-state index contributed by atoms with van der Waals surface area (Å²) in [5.41, 5.74) is 0.697. The number of rotatable bonds is 5. The lowest BCUT2D eigenvalue weighted by molar-refractivity contribution is 0.102. The Morgan fingerprint density at radius 3 is 2.55 bits per heavy atom. The molecule has 2 aliphatic rings. The molecule has 0 aromatic heterocycles. The molecular formula is C21H25N3O6S. The maximum Gasteiger partial charge on any atom is 0.255 e. The molecule has 1 saturated heterocycles. The third-order valence-electron chi connectivity index (χ3n) is 5.28. The van der Waals surface area contributed by atoms with Gasteiger partial charge in [-0.15, -0.1) is 0 Å². The van der Waals surface area contributed by atoms with Crippen LogP contribution in [0.25, 0.3) is 0 Å². The number of carbonyl (C=O) groups excluding carboxylic acids is 1. The maximum atomic E-state index is 13.0. The van der Waals surface area contributed by atoms with Gasteiger partial charge in [0.25, 0.3) is 5.91 Å². The Hall–Kier alpha value is -2.82. The number of nitrogens with zero attached hydrogens (tertiary/aromatic N) is 2. The van der Waals surface area contributed by atoms with E-state index in [1.165, 1.54) is 23.5 Å². The number of carbonyl (C=O) groups is 1. The Bertz CT molecular complexity index is 1060. The Labute approximate surface area is 181 Å². The van der Waals surface area contributed by atoms with Crippen LogP contribution in [0.15, 0.2) is 41.3 Å². The van der Waals surface area contributed by atoms with Crippen molar-refractivity contribution in [1.82, 2.24) is 9.21 Å². The van der Waals surface area contributed by atoms with Crippen molar-refractivity contribution in [3.05, 3.63) is 42.0 Å². The van der Waals surface area contributed by atoms with E-state index in [0.29, 0.717) is 67.9 Å². The van der Waals surface area contributed by atoms with Crippen LogP contribution in [0.1, 0.15) is 10.4 Å². The standard InChI is InChI=1S/C21H25N3O6S/c1-23-6-8-24(9-7-23)31(26,27)17-5-3-4-16(14-17)22-21(25)15-12-18(28-2)20-19(13-15)29-10-11-30-20/h3-5,12-14H,6-11H2,1-2H3,(H,22,25). The molecule has 166 valence electrons.